The van der Waals surface area contributed by atoms with E-state index < -0.39 is 22.0 Å². The lowest BCUT2D eigenvalue weighted by atomic mass is 10.1. The van der Waals surface area contributed by atoms with Gasteiger partial charge < -0.3 is 4.74 Å². The van der Waals surface area contributed by atoms with Crippen LogP contribution in [0.3, 0.4) is 0 Å². The van der Waals surface area contributed by atoms with Gasteiger partial charge in [-0.1, -0.05) is 42.5 Å². The van der Waals surface area contributed by atoms with Gasteiger partial charge in [-0.05, 0) is 42.0 Å². The summed E-state index contributed by atoms with van der Waals surface area (Å²) in [5, 5.41) is 6.09. The van der Waals surface area contributed by atoms with Gasteiger partial charge in [-0.2, -0.15) is 5.10 Å². The number of ether oxygens (including phenoxy) is 1. The van der Waals surface area contributed by atoms with E-state index in [0.29, 0.717) is 11.4 Å². The van der Waals surface area contributed by atoms with Crippen LogP contribution in [0.4, 0.5) is 5.69 Å². The smallest absolute Gasteiger partial charge is 0.263 e. The Labute approximate surface area is 176 Å². The van der Waals surface area contributed by atoms with Gasteiger partial charge in [-0.15, -0.1) is 0 Å². The first kappa shape index (κ1) is 21.3. The van der Waals surface area contributed by atoms with Crippen molar-refractivity contribution in [1.82, 2.24) is 5.43 Å². The van der Waals surface area contributed by atoms with E-state index in [1.54, 1.807) is 30.5 Å². The van der Waals surface area contributed by atoms with Crippen LogP contribution in [0, 0.1) is 0 Å². The van der Waals surface area contributed by atoms with E-state index >= 15 is 0 Å². The molecule has 0 aliphatic carbocycles. The predicted molar refractivity (Wildman–Crippen MR) is 119 cm³/mol. The number of nitrogens with one attached hydrogen (secondary N) is 1. The van der Waals surface area contributed by atoms with Gasteiger partial charge in [0.05, 0.1) is 25.3 Å². The number of sulfonamides is 1. The summed E-state index contributed by atoms with van der Waals surface area (Å²) in [5.41, 5.74) is 3.64. The molecule has 1 N–H and O–H groups in total. The second-order valence-corrected chi connectivity index (χ2v) is 8.59. The highest BCUT2D eigenvalue weighted by molar-refractivity contribution is 7.92. The van der Waals surface area contributed by atoms with Gasteiger partial charge in [0.25, 0.3) is 5.91 Å². The lowest BCUT2D eigenvalue weighted by molar-refractivity contribution is -0.121. The number of carbonyl (C=O) groups is 1. The molecule has 8 heteroatoms. The van der Waals surface area contributed by atoms with Gasteiger partial charge in [0.1, 0.15) is 11.8 Å². The molecule has 0 spiro atoms. The van der Waals surface area contributed by atoms with E-state index in [1.165, 1.54) is 14.0 Å². The molecule has 156 valence electrons. The number of fused-ring (bicyclic) bond motifs is 1. The van der Waals surface area contributed by atoms with Crippen molar-refractivity contribution in [3.63, 3.8) is 0 Å². The molecular formula is C22H23N3O4S. The summed E-state index contributed by atoms with van der Waals surface area (Å²) in [6, 6.07) is 19.1. The third-order valence-corrected chi connectivity index (χ3v) is 5.86. The molecule has 1 unspecified atom stereocenters. The molecule has 0 aromatic heterocycles. The van der Waals surface area contributed by atoms with E-state index in [0.717, 1.165) is 26.9 Å². The quantitative estimate of drug-likeness (QED) is 0.465. The molecule has 7 nitrogen and oxygen atoms in total. The minimum atomic E-state index is -3.71. The molecule has 30 heavy (non-hydrogen) atoms. The lowest BCUT2D eigenvalue weighted by Gasteiger charge is -2.27. The summed E-state index contributed by atoms with van der Waals surface area (Å²) in [4.78, 5) is 12.6. The molecule has 3 aromatic carbocycles. The van der Waals surface area contributed by atoms with Crippen LogP contribution in [0.25, 0.3) is 10.8 Å². The minimum Gasteiger partial charge on any atom is -0.497 e. The van der Waals surface area contributed by atoms with E-state index in [2.05, 4.69) is 10.5 Å². The van der Waals surface area contributed by atoms with Crippen LogP contribution in [0.1, 0.15) is 12.5 Å². The highest BCUT2D eigenvalue weighted by Crippen LogP contribution is 2.24. The summed E-state index contributed by atoms with van der Waals surface area (Å²) in [6.45, 7) is 1.51. The van der Waals surface area contributed by atoms with Crippen molar-refractivity contribution >= 4 is 38.6 Å². The van der Waals surface area contributed by atoms with E-state index in [9.17, 15) is 13.2 Å². The summed E-state index contributed by atoms with van der Waals surface area (Å²) < 4.78 is 30.9. The van der Waals surface area contributed by atoms with Crippen molar-refractivity contribution in [1.29, 1.82) is 0 Å². The largest absolute Gasteiger partial charge is 0.497 e. The van der Waals surface area contributed by atoms with Gasteiger partial charge >= 0.3 is 0 Å². The van der Waals surface area contributed by atoms with Crippen LogP contribution < -0.4 is 14.5 Å². The van der Waals surface area contributed by atoms with E-state index in [4.69, 9.17) is 4.74 Å². The van der Waals surface area contributed by atoms with Crippen LogP contribution in [0.2, 0.25) is 0 Å². The van der Waals surface area contributed by atoms with Gasteiger partial charge in [0.15, 0.2) is 0 Å². The number of rotatable bonds is 7. The molecule has 1 atom stereocenters. The second kappa shape index (κ2) is 8.96. The number of hydrogen-bond acceptors (Lipinski definition) is 5. The standard InChI is InChI=1S/C22H23N3O4S/c1-16(25(30(3,27)28)19-11-13-20(29-2)14-12-19)22(26)24-23-15-18-9-6-8-17-7-4-5-10-21(17)18/h4-16H,1-3H3,(H,24,26)/b23-15+. The Bertz CT molecular complexity index is 1170. The zero-order valence-corrected chi connectivity index (χ0v) is 17.8. The summed E-state index contributed by atoms with van der Waals surface area (Å²) in [7, 11) is -2.19. The molecule has 0 radical (unpaired) electrons. The van der Waals surface area contributed by atoms with Crippen molar-refractivity contribution in [2.45, 2.75) is 13.0 Å². The molecule has 1 amide bonds. The van der Waals surface area contributed by atoms with Crippen LogP contribution in [-0.4, -0.2) is 39.9 Å². The molecule has 3 rings (SSSR count). The number of carbonyl (C=O) groups excluding carboxylic acids is 1. The van der Waals surface area contributed by atoms with Gasteiger partial charge in [0, 0.05) is 5.56 Å². The molecule has 0 fully saturated rings. The fourth-order valence-corrected chi connectivity index (χ4v) is 4.33. The predicted octanol–water partition coefficient (Wildman–Crippen LogP) is 3.15. The number of nitrogens with zero attached hydrogens (tertiary/aromatic N) is 2. The summed E-state index contributed by atoms with van der Waals surface area (Å²) >= 11 is 0. The molecule has 0 saturated heterocycles. The fraction of sp³-hybridized carbons (Fsp3) is 0.182. The summed E-state index contributed by atoms with van der Waals surface area (Å²) in [6.07, 6.45) is 2.60. The Kier molecular flexibility index (Phi) is 6.37. The first-order chi connectivity index (χ1) is 14.3. The van der Waals surface area contributed by atoms with Crippen LogP contribution in [-0.2, 0) is 14.8 Å². The first-order valence-electron chi connectivity index (χ1n) is 9.25. The SMILES string of the molecule is COc1ccc(N(C(C)C(=O)N/N=C/c2cccc3ccccc23)S(C)(=O)=O)cc1. The molecule has 0 aliphatic heterocycles. The Morgan fingerprint density at radius 3 is 2.40 bits per heavy atom. The van der Waals surface area contributed by atoms with Crippen molar-refractivity contribution in [3.8, 4) is 5.75 Å². The molecule has 0 heterocycles. The number of amides is 1. The highest BCUT2D eigenvalue weighted by Gasteiger charge is 2.29. The van der Waals surface area contributed by atoms with E-state index in [-0.39, 0.29) is 0 Å². The Hall–Kier alpha value is -3.39. The normalized spacial score (nSPS) is 12.6. The Morgan fingerprint density at radius 1 is 1.07 bits per heavy atom. The zero-order chi connectivity index (χ0) is 21.7. The fourth-order valence-electron chi connectivity index (χ4n) is 3.16. The van der Waals surface area contributed by atoms with Gasteiger partial charge in [0.2, 0.25) is 10.0 Å². The van der Waals surface area contributed by atoms with Gasteiger partial charge in [-0.25, -0.2) is 13.8 Å². The van der Waals surface area contributed by atoms with Crippen LogP contribution >= 0.6 is 0 Å². The third-order valence-electron chi connectivity index (χ3n) is 4.62. The molecule has 0 bridgehead atoms. The molecule has 0 aliphatic rings. The number of benzene rings is 3. The third kappa shape index (κ3) is 4.77. The topological polar surface area (TPSA) is 88.1 Å². The second-order valence-electron chi connectivity index (χ2n) is 6.74. The average Bonchev–Trinajstić information content (AvgIpc) is 2.73. The maximum absolute atomic E-state index is 12.6. The highest BCUT2D eigenvalue weighted by atomic mass is 32.2. The van der Waals surface area contributed by atoms with E-state index in [1.807, 2.05) is 42.5 Å². The lowest BCUT2D eigenvalue weighted by Crippen LogP contribution is -2.46. The van der Waals surface area contributed by atoms with Crippen LogP contribution in [0.5, 0.6) is 5.75 Å². The Morgan fingerprint density at radius 2 is 1.73 bits per heavy atom. The minimum absolute atomic E-state index is 0.360. The van der Waals surface area contributed by atoms with Gasteiger partial charge in [-0.3, -0.25) is 9.10 Å². The maximum Gasteiger partial charge on any atom is 0.263 e. The van der Waals surface area contributed by atoms with Crippen molar-refractivity contribution < 1.29 is 17.9 Å². The summed E-state index contributed by atoms with van der Waals surface area (Å²) in [5.74, 6) is 0.0386. The molecule has 3 aromatic rings. The zero-order valence-electron chi connectivity index (χ0n) is 16.9. The van der Waals surface area contributed by atoms with Crippen LogP contribution in [0.15, 0.2) is 71.8 Å². The van der Waals surface area contributed by atoms with Crippen molar-refractivity contribution in [3.05, 3.63) is 72.3 Å². The maximum atomic E-state index is 12.6. The number of anilines is 1. The molecular weight excluding hydrogens is 402 g/mol. The Balaban J connectivity index is 1.79. The average molecular weight is 426 g/mol. The first-order valence-corrected chi connectivity index (χ1v) is 11.1. The van der Waals surface area contributed by atoms with Crippen molar-refractivity contribution in [2.75, 3.05) is 17.7 Å². The number of hydrogen-bond donors (Lipinski definition) is 1. The molecule has 0 saturated carbocycles. The number of hydrazone groups is 1. The number of methoxy groups -OCH3 is 1. The monoisotopic (exact) mass is 425 g/mol. The van der Waals surface area contributed by atoms with Crippen molar-refractivity contribution in [2.24, 2.45) is 5.10 Å².